The molecule has 1 aliphatic heterocycles. The molecule has 0 aliphatic carbocycles. The Morgan fingerprint density at radius 3 is 2.69 bits per heavy atom. The molecule has 3 aromatic rings. The number of nitrogen functional groups attached to an aromatic ring is 1. The van der Waals surface area contributed by atoms with Crippen molar-refractivity contribution in [1.29, 1.82) is 0 Å². The molecular weight excluding hydrogens is 510 g/mol. The Hall–Kier alpha value is -3.05. The standard InChI is InChI=1S/C24H25Cl2FN6O3/c1-14(20-16(25)3-4-17(27)21(20)26)36-24-22(28)31-13-19(32-24)18-5-2-15(12-30-18)23(34)29-6-7-33-8-10-35-11-9-33/h2-5,12-14H,6-11H2,1H3,(H2,28,31)(H,29,34). The largest absolute Gasteiger partial charge is 0.467 e. The number of nitrogens with two attached hydrogens (primary N) is 1. The maximum Gasteiger partial charge on any atom is 0.258 e. The highest BCUT2D eigenvalue weighted by Gasteiger charge is 2.21. The predicted molar refractivity (Wildman–Crippen MR) is 135 cm³/mol. The fourth-order valence-electron chi connectivity index (χ4n) is 3.67. The maximum atomic E-state index is 13.9. The van der Waals surface area contributed by atoms with Crippen LogP contribution in [0.5, 0.6) is 5.88 Å². The number of pyridine rings is 1. The number of aromatic nitrogens is 3. The van der Waals surface area contributed by atoms with E-state index in [1.807, 2.05) is 0 Å². The number of nitrogens with zero attached hydrogens (tertiary/aromatic N) is 4. The van der Waals surface area contributed by atoms with Crippen LogP contribution in [-0.4, -0.2) is 65.2 Å². The van der Waals surface area contributed by atoms with Gasteiger partial charge in [-0.05, 0) is 31.2 Å². The van der Waals surface area contributed by atoms with Gasteiger partial charge in [0.2, 0.25) is 0 Å². The van der Waals surface area contributed by atoms with Crippen LogP contribution in [0.1, 0.15) is 28.9 Å². The van der Waals surface area contributed by atoms with Gasteiger partial charge in [0, 0.05) is 43.0 Å². The average Bonchev–Trinajstić information content (AvgIpc) is 2.88. The monoisotopic (exact) mass is 534 g/mol. The summed E-state index contributed by atoms with van der Waals surface area (Å²) in [5.74, 6) is -0.783. The minimum atomic E-state index is -0.760. The van der Waals surface area contributed by atoms with Crippen LogP contribution < -0.4 is 15.8 Å². The molecule has 0 radical (unpaired) electrons. The smallest absolute Gasteiger partial charge is 0.258 e. The van der Waals surface area contributed by atoms with Crippen LogP contribution in [-0.2, 0) is 4.74 Å². The molecule has 1 unspecified atom stereocenters. The molecule has 0 bridgehead atoms. The maximum absolute atomic E-state index is 13.9. The van der Waals surface area contributed by atoms with Crippen LogP contribution in [0.4, 0.5) is 10.2 Å². The fraction of sp³-hybridized carbons (Fsp3) is 0.333. The first kappa shape index (κ1) is 26.0. The van der Waals surface area contributed by atoms with E-state index in [4.69, 9.17) is 38.4 Å². The van der Waals surface area contributed by atoms with Crippen molar-refractivity contribution in [2.45, 2.75) is 13.0 Å². The highest BCUT2D eigenvalue weighted by Crippen LogP contribution is 2.35. The van der Waals surface area contributed by atoms with Crippen molar-refractivity contribution in [3.8, 4) is 17.3 Å². The zero-order chi connectivity index (χ0) is 25.7. The van der Waals surface area contributed by atoms with E-state index in [0.29, 0.717) is 36.7 Å². The van der Waals surface area contributed by atoms with Gasteiger partial charge in [0.05, 0.1) is 35.7 Å². The first-order valence-electron chi connectivity index (χ1n) is 11.3. The minimum absolute atomic E-state index is 0.0168. The van der Waals surface area contributed by atoms with Crippen LogP contribution >= 0.6 is 23.2 Å². The zero-order valence-corrected chi connectivity index (χ0v) is 21.0. The van der Waals surface area contributed by atoms with Crippen molar-refractivity contribution in [2.24, 2.45) is 0 Å². The topological polar surface area (TPSA) is 115 Å². The van der Waals surface area contributed by atoms with Gasteiger partial charge >= 0.3 is 0 Å². The number of nitrogens with one attached hydrogen (secondary N) is 1. The van der Waals surface area contributed by atoms with Crippen molar-refractivity contribution in [3.05, 3.63) is 63.6 Å². The molecule has 1 atom stereocenters. The first-order chi connectivity index (χ1) is 17.3. The second-order valence-electron chi connectivity index (χ2n) is 8.10. The summed E-state index contributed by atoms with van der Waals surface area (Å²) < 4.78 is 25.1. The Kier molecular flexibility index (Phi) is 8.52. The summed E-state index contributed by atoms with van der Waals surface area (Å²) in [7, 11) is 0. The second-order valence-corrected chi connectivity index (χ2v) is 8.89. The van der Waals surface area contributed by atoms with E-state index in [1.165, 1.54) is 24.5 Å². The molecule has 1 aromatic carbocycles. The average molecular weight is 535 g/mol. The van der Waals surface area contributed by atoms with Gasteiger partial charge in [-0.2, -0.15) is 0 Å². The summed E-state index contributed by atoms with van der Waals surface area (Å²) in [5, 5.41) is 3.00. The molecule has 4 rings (SSSR count). The van der Waals surface area contributed by atoms with Gasteiger partial charge < -0.3 is 20.5 Å². The number of amides is 1. The van der Waals surface area contributed by atoms with E-state index in [9.17, 15) is 9.18 Å². The molecule has 1 amide bonds. The van der Waals surface area contributed by atoms with Crippen molar-refractivity contribution < 1.29 is 18.7 Å². The Morgan fingerprint density at radius 1 is 1.19 bits per heavy atom. The van der Waals surface area contributed by atoms with Crippen LogP contribution in [0.2, 0.25) is 10.0 Å². The number of benzene rings is 1. The quantitative estimate of drug-likeness (QED) is 0.419. The van der Waals surface area contributed by atoms with Crippen molar-refractivity contribution in [3.63, 3.8) is 0 Å². The lowest BCUT2D eigenvalue weighted by Gasteiger charge is -2.26. The lowest BCUT2D eigenvalue weighted by Crippen LogP contribution is -2.41. The summed E-state index contributed by atoms with van der Waals surface area (Å²) in [6.07, 6.45) is 2.15. The number of anilines is 1. The van der Waals surface area contributed by atoms with Crippen LogP contribution in [0.25, 0.3) is 11.4 Å². The molecule has 1 saturated heterocycles. The van der Waals surface area contributed by atoms with E-state index in [0.717, 1.165) is 19.6 Å². The first-order valence-corrected chi connectivity index (χ1v) is 12.1. The third kappa shape index (κ3) is 6.19. The van der Waals surface area contributed by atoms with Crippen molar-refractivity contribution in [2.75, 3.05) is 45.1 Å². The second kappa shape index (κ2) is 11.8. The molecule has 3 N–H and O–H groups in total. The third-order valence-corrected chi connectivity index (χ3v) is 6.36. The van der Waals surface area contributed by atoms with Crippen LogP contribution in [0, 0.1) is 5.82 Å². The summed E-state index contributed by atoms with van der Waals surface area (Å²) in [6.45, 7) is 6.09. The van der Waals surface area contributed by atoms with Crippen LogP contribution in [0.15, 0.2) is 36.7 Å². The van der Waals surface area contributed by atoms with E-state index in [-0.39, 0.29) is 33.2 Å². The SMILES string of the molecule is CC(Oc1nc(-c2ccc(C(=O)NCCN3CCOCC3)cn2)cnc1N)c1c(Cl)ccc(F)c1Cl. The Bertz CT molecular complexity index is 1230. The number of rotatable bonds is 8. The van der Waals surface area contributed by atoms with Gasteiger partial charge in [0.1, 0.15) is 17.6 Å². The number of carbonyl (C=O) groups is 1. The fourth-order valence-corrected chi connectivity index (χ4v) is 4.35. The van der Waals surface area contributed by atoms with E-state index >= 15 is 0 Å². The van der Waals surface area contributed by atoms with Crippen molar-refractivity contribution >= 4 is 34.9 Å². The van der Waals surface area contributed by atoms with Gasteiger partial charge in [0.15, 0.2) is 5.82 Å². The predicted octanol–water partition coefficient (Wildman–Crippen LogP) is 3.77. The van der Waals surface area contributed by atoms with E-state index in [2.05, 4.69) is 25.2 Å². The van der Waals surface area contributed by atoms with Gasteiger partial charge in [-0.1, -0.05) is 23.2 Å². The molecule has 0 saturated carbocycles. The molecular formula is C24H25Cl2FN6O3. The number of morpholine rings is 1. The number of hydrogen-bond donors (Lipinski definition) is 2. The lowest BCUT2D eigenvalue weighted by molar-refractivity contribution is 0.0383. The number of ether oxygens (including phenoxy) is 2. The molecule has 1 aliphatic rings. The summed E-state index contributed by atoms with van der Waals surface area (Å²) in [6, 6.07) is 5.88. The lowest BCUT2D eigenvalue weighted by atomic mass is 10.1. The summed E-state index contributed by atoms with van der Waals surface area (Å²) in [5.41, 5.74) is 7.47. The molecule has 12 heteroatoms. The summed E-state index contributed by atoms with van der Waals surface area (Å²) in [4.78, 5) is 27.6. The molecule has 190 valence electrons. The highest BCUT2D eigenvalue weighted by atomic mass is 35.5. The van der Waals surface area contributed by atoms with Gasteiger partial charge in [-0.15, -0.1) is 0 Å². The van der Waals surface area contributed by atoms with Gasteiger partial charge in [0.25, 0.3) is 11.8 Å². The van der Waals surface area contributed by atoms with E-state index in [1.54, 1.807) is 19.1 Å². The normalized spacial score (nSPS) is 14.9. The number of carbonyl (C=O) groups excluding carboxylic acids is 1. The molecule has 0 spiro atoms. The molecule has 36 heavy (non-hydrogen) atoms. The van der Waals surface area contributed by atoms with Gasteiger partial charge in [-0.3, -0.25) is 14.7 Å². The van der Waals surface area contributed by atoms with Crippen LogP contribution in [0.3, 0.4) is 0 Å². The van der Waals surface area contributed by atoms with Gasteiger partial charge in [-0.25, -0.2) is 14.4 Å². The highest BCUT2D eigenvalue weighted by molar-refractivity contribution is 6.36. The molecule has 3 heterocycles. The Morgan fingerprint density at radius 2 is 1.97 bits per heavy atom. The minimum Gasteiger partial charge on any atom is -0.467 e. The zero-order valence-electron chi connectivity index (χ0n) is 19.5. The van der Waals surface area contributed by atoms with E-state index < -0.39 is 11.9 Å². The Balaban J connectivity index is 1.42. The van der Waals surface area contributed by atoms with Crippen molar-refractivity contribution in [1.82, 2.24) is 25.2 Å². The number of halogens is 3. The molecule has 2 aromatic heterocycles. The molecule has 1 fully saturated rings. The summed E-state index contributed by atoms with van der Waals surface area (Å²) >= 11 is 12.3. The molecule has 9 nitrogen and oxygen atoms in total. The number of hydrogen-bond acceptors (Lipinski definition) is 8. The third-order valence-electron chi connectivity index (χ3n) is 5.65. The Labute approximate surface area is 217 Å².